The molecule has 0 aliphatic carbocycles. The Morgan fingerprint density at radius 1 is 1.25 bits per heavy atom. The third-order valence-corrected chi connectivity index (χ3v) is 4.02. The quantitative estimate of drug-likeness (QED) is 0.605. The van der Waals surface area contributed by atoms with Gasteiger partial charge >= 0.3 is 0 Å². The highest BCUT2D eigenvalue weighted by Crippen LogP contribution is 2.31. The van der Waals surface area contributed by atoms with E-state index in [1.165, 1.54) is 6.07 Å². The molecule has 0 aliphatic heterocycles. The maximum atomic E-state index is 11.5. The predicted molar refractivity (Wildman–Crippen MR) is 76.8 cm³/mol. The highest BCUT2D eigenvalue weighted by Gasteiger charge is 2.17. The van der Waals surface area contributed by atoms with Gasteiger partial charge in [-0.2, -0.15) is 0 Å². The molecule has 0 saturated carbocycles. The summed E-state index contributed by atoms with van der Waals surface area (Å²) in [7, 11) is 1.60. The summed E-state index contributed by atoms with van der Waals surface area (Å²) in [5, 5.41) is 0.441. The molecule has 1 heterocycles. The fraction of sp³-hybridized carbons (Fsp3) is 0.308. The van der Waals surface area contributed by atoms with E-state index in [0.29, 0.717) is 36.5 Å². The largest absolute Gasteiger partial charge is 0.489 e. The third-order valence-electron chi connectivity index (χ3n) is 2.64. The lowest BCUT2D eigenvalue weighted by Crippen LogP contribution is -2.07. The zero-order valence-corrected chi connectivity index (χ0v) is 12.4. The van der Waals surface area contributed by atoms with Gasteiger partial charge in [-0.25, -0.2) is 8.42 Å². The summed E-state index contributed by atoms with van der Waals surface area (Å²) < 4.78 is 33.8. The Morgan fingerprint density at radius 2 is 2.05 bits per heavy atom. The summed E-state index contributed by atoms with van der Waals surface area (Å²) in [4.78, 5) is 4.19. The van der Waals surface area contributed by atoms with Crippen LogP contribution in [0.15, 0.2) is 35.4 Å². The van der Waals surface area contributed by atoms with Crippen molar-refractivity contribution in [3.8, 4) is 5.75 Å². The van der Waals surface area contributed by atoms with Crippen molar-refractivity contribution in [3.05, 3.63) is 30.5 Å². The van der Waals surface area contributed by atoms with E-state index in [1.807, 2.05) is 6.92 Å². The number of rotatable bonds is 6. The number of hydrogen-bond acceptors (Lipinski definition) is 5. The van der Waals surface area contributed by atoms with Crippen molar-refractivity contribution in [3.63, 3.8) is 0 Å². The van der Waals surface area contributed by atoms with Crippen LogP contribution in [0.4, 0.5) is 0 Å². The van der Waals surface area contributed by atoms with Gasteiger partial charge in [-0.1, -0.05) is 0 Å². The zero-order valence-electron chi connectivity index (χ0n) is 10.9. The lowest BCUT2D eigenvalue weighted by Gasteiger charge is -2.10. The zero-order chi connectivity index (χ0) is 14.6. The molecule has 0 bridgehead atoms. The number of halogens is 1. The SMILES string of the molecule is CCOCCOc1ccc(S(=O)(=O)Cl)c2cccnc12. The predicted octanol–water partition coefficient (Wildman–Crippen LogP) is 2.58. The fourth-order valence-corrected chi connectivity index (χ4v) is 2.87. The summed E-state index contributed by atoms with van der Waals surface area (Å²) >= 11 is 0. The first-order valence-corrected chi connectivity index (χ1v) is 8.38. The number of pyridine rings is 1. The van der Waals surface area contributed by atoms with Crippen LogP contribution in [0.5, 0.6) is 5.75 Å². The van der Waals surface area contributed by atoms with Gasteiger partial charge in [0.15, 0.2) is 0 Å². The second-order valence-electron chi connectivity index (χ2n) is 3.94. The summed E-state index contributed by atoms with van der Waals surface area (Å²) in [5.41, 5.74) is 0.464. The summed E-state index contributed by atoms with van der Waals surface area (Å²) in [6.07, 6.45) is 1.57. The highest BCUT2D eigenvalue weighted by atomic mass is 35.7. The van der Waals surface area contributed by atoms with E-state index in [0.717, 1.165) is 0 Å². The van der Waals surface area contributed by atoms with Gasteiger partial charge in [0, 0.05) is 28.9 Å². The second kappa shape index (κ2) is 6.39. The van der Waals surface area contributed by atoms with Gasteiger partial charge in [0.25, 0.3) is 9.05 Å². The maximum Gasteiger partial charge on any atom is 0.261 e. The monoisotopic (exact) mass is 315 g/mol. The Morgan fingerprint density at radius 3 is 2.75 bits per heavy atom. The van der Waals surface area contributed by atoms with Gasteiger partial charge in [-0.3, -0.25) is 4.98 Å². The molecule has 20 heavy (non-hydrogen) atoms. The standard InChI is InChI=1S/C13H14ClNO4S/c1-2-18-8-9-19-11-5-6-12(20(14,16)17)10-4-3-7-15-13(10)11/h3-7H,2,8-9H2,1H3. The van der Waals surface area contributed by atoms with E-state index in [9.17, 15) is 8.42 Å². The van der Waals surface area contributed by atoms with E-state index < -0.39 is 9.05 Å². The van der Waals surface area contributed by atoms with Crippen molar-refractivity contribution >= 4 is 30.6 Å². The summed E-state index contributed by atoms with van der Waals surface area (Å²) in [5.74, 6) is 0.504. The molecule has 0 fully saturated rings. The maximum absolute atomic E-state index is 11.5. The van der Waals surface area contributed by atoms with Gasteiger partial charge in [-0.05, 0) is 31.2 Å². The Bertz CT molecular complexity index is 703. The smallest absolute Gasteiger partial charge is 0.261 e. The molecule has 108 valence electrons. The second-order valence-corrected chi connectivity index (χ2v) is 6.48. The normalized spacial score (nSPS) is 11.7. The first-order chi connectivity index (χ1) is 9.54. The van der Waals surface area contributed by atoms with Crippen molar-refractivity contribution in [2.75, 3.05) is 19.8 Å². The van der Waals surface area contributed by atoms with Crippen LogP contribution in [0.3, 0.4) is 0 Å². The van der Waals surface area contributed by atoms with Crippen molar-refractivity contribution < 1.29 is 17.9 Å². The highest BCUT2D eigenvalue weighted by molar-refractivity contribution is 8.14. The van der Waals surface area contributed by atoms with Gasteiger partial charge in [-0.15, -0.1) is 0 Å². The minimum Gasteiger partial charge on any atom is -0.489 e. The topological polar surface area (TPSA) is 65.5 Å². The molecule has 2 rings (SSSR count). The van der Waals surface area contributed by atoms with Crippen LogP contribution in [0.2, 0.25) is 0 Å². The molecule has 0 unspecified atom stereocenters. The molecule has 0 saturated heterocycles. The van der Waals surface area contributed by atoms with Crippen LogP contribution in [0.1, 0.15) is 6.92 Å². The van der Waals surface area contributed by atoms with Crippen molar-refractivity contribution in [2.24, 2.45) is 0 Å². The Kier molecular flexibility index (Phi) is 4.80. The molecule has 0 atom stereocenters. The molecule has 5 nitrogen and oxygen atoms in total. The lowest BCUT2D eigenvalue weighted by molar-refractivity contribution is 0.110. The average Bonchev–Trinajstić information content (AvgIpc) is 2.42. The van der Waals surface area contributed by atoms with Gasteiger partial charge in [0.1, 0.15) is 17.9 Å². The van der Waals surface area contributed by atoms with Gasteiger partial charge in [0.2, 0.25) is 0 Å². The molecular formula is C13H14ClNO4S. The van der Waals surface area contributed by atoms with Crippen molar-refractivity contribution in [1.82, 2.24) is 4.98 Å². The minimum atomic E-state index is -3.82. The average molecular weight is 316 g/mol. The molecule has 7 heteroatoms. The van der Waals surface area contributed by atoms with Crippen LogP contribution in [-0.2, 0) is 13.8 Å². The molecule has 1 aromatic carbocycles. The minimum absolute atomic E-state index is 0.0272. The molecule has 1 aromatic heterocycles. The number of nitrogens with zero attached hydrogens (tertiary/aromatic N) is 1. The molecule has 0 N–H and O–H groups in total. The van der Waals surface area contributed by atoms with E-state index in [-0.39, 0.29) is 4.90 Å². The Hall–Kier alpha value is -1.37. The van der Waals surface area contributed by atoms with Crippen LogP contribution >= 0.6 is 10.7 Å². The van der Waals surface area contributed by atoms with E-state index >= 15 is 0 Å². The van der Waals surface area contributed by atoms with Crippen LogP contribution in [0, 0.1) is 0 Å². The molecule has 0 spiro atoms. The molecule has 0 aliphatic rings. The number of fused-ring (bicyclic) bond motifs is 1. The Labute approximate surface area is 121 Å². The van der Waals surface area contributed by atoms with E-state index in [1.54, 1.807) is 24.4 Å². The fourth-order valence-electron chi connectivity index (χ4n) is 1.80. The first kappa shape index (κ1) is 15.0. The van der Waals surface area contributed by atoms with Crippen LogP contribution < -0.4 is 4.74 Å². The first-order valence-electron chi connectivity index (χ1n) is 6.07. The summed E-state index contributed by atoms with van der Waals surface area (Å²) in [6.45, 7) is 3.34. The van der Waals surface area contributed by atoms with Crippen molar-refractivity contribution in [2.45, 2.75) is 11.8 Å². The molecule has 0 amide bonds. The van der Waals surface area contributed by atoms with Crippen LogP contribution in [-0.4, -0.2) is 33.2 Å². The van der Waals surface area contributed by atoms with Crippen molar-refractivity contribution in [1.29, 1.82) is 0 Å². The number of ether oxygens (including phenoxy) is 2. The number of aromatic nitrogens is 1. The van der Waals surface area contributed by atoms with Gasteiger partial charge in [0.05, 0.1) is 11.5 Å². The molecule has 0 radical (unpaired) electrons. The lowest BCUT2D eigenvalue weighted by atomic mass is 10.2. The Balaban J connectivity index is 2.39. The van der Waals surface area contributed by atoms with Gasteiger partial charge < -0.3 is 9.47 Å². The van der Waals surface area contributed by atoms with E-state index in [4.69, 9.17) is 20.2 Å². The summed E-state index contributed by atoms with van der Waals surface area (Å²) in [6, 6.07) is 6.27. The van der Waals surface area contributed by atoms with Crippen LogP contribution in [0.25, 0.3) is 10.9 Å². The molecule has 2 aromatic rings. The number of hydrogen-bond donors (Lipinski definition) is 0. The number of benzene rings is 1. The van der Waals surface area contributed by atoms with E-state index in [2.05, 4.69) is 4.98 Å². The molecular weight excluding hydrogens is 302 g/mol. The third kappa shape index (κ3) is 3.39.